The Morgan fingerprint density at radius 2 is 1.50 bits per heavy atom. The monoisotopic (exact) mass is 226 g/mol. The van der Waals surface area contributed by atoms with Gasteiger partial charge in [-0.05, 0) is 30.1 Å². The molecule has 0 saturated carbocycles. The van der Waals surface area contributed by atoms with Crippen LogP contribution in [-0.2, 0) is 0 Å². The van der Waals surface area contributed by atoms with E-state index >= 15 is 0 Å². The van der Waals surface area contributed by atoms with E-state index in [1.807, 2.05) is 0 Å². The van der Waals surface area contributed by atoms with E-state index in [2.05, 4.69) is 41.5 Å². The third-order valence-electron chi connectivity index (χ3n) is 4.07. The van der Waals surface area contributed by atoms with E-state index in [0.717, 1.165) is 11.8 Å². The molecule has 0 aromatic heterocycles. The number of hydrogen-bond acceptors (Lipinski definition) is 0. The molecule has 0 aromatic rings. The Bertz CT molecular complexity index is 155. The molecule has 1 unspecified atom stereocenters. The molecule has 1 atom stereocenters. The van der Waals surface area contributed by atoms with E-state index < -0.39 is 0 Å². The van der Waals surface area contributed by atoms with Crippen molar-refractivity contribution in [2.24, 2.45) is 17.3 Å². The molecule has 0 bridgehead atoms. The van der Waals surface area contributed by atoms with Crippen LogP contribution >= 0.6 is 0 Å². The summed E-state index contributed by atoms with van der Waals surface area (Å²) in [6.45, 7) is 14.4. The van der Waals surface area contributed by atoms with E-state index in [4.69, 9.17) is 0 Å². The van der Waals surface area contributed by atoms with Crippen molar-refractivity contribution in [2.75, 3.05) is 0 Å². The van der Waals surface area contributed by atoms with Gasteiger partial charge in [-0.1, -0.05) is 73.6 Å². The van der Waals surface area contributed by atoms with Crippen LogP contribution < -0.4 is 0 Å². The highest BCUT2D eigenvalue weighted by Crippen LogP contribution is 2.40. The van der Waals surface area contributed by atoms with Gasteiger partial charge in [0.25, 0.3) is 0 Å². The largest absolute Gasteiger partial charge is 0.0654 e. The fraction of sp³-hybridized carbons (Fsp3) is 1.00. The van der Waals surface area contributed by atoms with Crippen molar-refractivity contribution >= 4 is 0 Å². The Morgan fingerprint density at radius 3 is 1.94 bits per heavy atom. The quantitative estimate of drug-likeness (QED) is 0.419. The first kappa shape index (κ1) is 16.0. The first-order valence-electron chi connectivity index (χ1n) is 7.45. The first-order valence-corrected chi connectivity index (χ1v) is 7.45. The van der Waals surface area contributed by atoms with Gasteiger partial charge in [0.05, 0.1) is 0 Å². The third kappa shape index (κ3) is 5.92. The maximum Gasteiger partial charge on any atom is -0.0324 e. The molecule has 0 aliphatic rings. The van der Waals surface area contributed by atoms with Crippen molar-refractivity contribution in [2.45, 2.75) is 86.5 Å². The molecule has 16 heavy (non-hydrogen) atoms. The van der Waals surface area contributed by atoms with Crippen LogP contribution in [-0.4, -0.2) is 0 Å². The van der Waals surface area contributed by atoms with Crippen LogP contribution in [0.4, 0.5) is 0 Å². The minimum atomic E-state index is 0.537. The molecule has 0 N–H and O–H groups in total. The second-order valence-corrected chi connectivity index (χ2v) is 6.44. The zero-order valence-corrected chi connectivity index (χ0v) is 12.6. The summed E-state index contributed by atoms with van der Waals surface area (Å²) < 4.78 is 0. The van der Waals surface area contributed by atoms with E-state index in [1.165, 1.54) is 44.9 Å². The van der Waals surface area contributed by atoms with E-state index in [9.17, 15) is 0 Å². The van der Waals surface area contributed by atoms with Gasteiger partial charge < -0.3 is 0 Å². The molecule has 0 aliphatic heterocycles. The van der Waals surface area contributed by atoms with Gasteiger partial charge in [-0.3, -0.25) is 0 Å². The predicted octanol–water partition coefficient (Wildman–Crippen LogP) is 6.06. The third-order valence-corrected chi connectivity index (χ3v) is 4.07. The number of unbranched alkanes of at least 4 members (excludes halogenated alkanes) is 3. The molecule has 0 radical (unpaired) electrons. The second kappa shape index (κ2) is 8.14. The molecule has 0 aromatic carbocycles. The lowest BCUT2D eigenvalue weighted by atomic mass is 9.68. The van der Waals surface area contributed by atoms with E-state index in [-0.39, 0.29) is 0 Å². The molecule has 0 saturated heterocycles. The van der Waals surface area contributed by atoms with Crippen LogP contribution in [0.5, 0.6) is 0 Å². The normalized spacial score (nSPS) is 14.4. The molecule has 0 spiro atoms. The standard InChI is InChI=1S/C16H34/c1-7-9-10-11-12-15(14(3)4)16(5,6)13-8-2/h14-15H,7-13H2,1-6H3. The van der Waals surface area contributed by atoms with Crippen LogP contribution in [0, 0.1) is 17.3 Å². The highest BCUT2D eigenvalue weighted by atomic mass is 14.3. The van der Waals surface area contributed by atoms with Gasteiger partial charge in [0.2, 0.25) is 0 Å². The van der Waals surface area contributed by atoms with Crippen molar-refractivity contribution in [1.29, 1.82) is 0 Å². The van der Waals surface area contributed by atoms with Crippen molar-refractivity contribution in [3.8, 4) is 0 Å². The topological polar surface area (TPSA) is 0 Å². The summed E-state index contributed by atoms with van der Waals surface area (Å²) in [5.41, 5.74) is 0.537. The number of rotatable bonds is 9. The van der Waals surface area contributed by atoms with Crippen molar-refractivity contribution in [3.63, 3.8) is 0 Å². The Balaban J connectivity index is 4.15. The van der Waals surface area contributed by atoms with Gasteiger partial charge in [0.15, 0.2) is 0 Å². The first-order chi connectivity index (χ1) is 7.45. The van der Waals surface area contributed by atoms with Crippen LogP contribution in [0.1, 0.15) is 86.5 Å². The van der Waals surface area contributed by atoms with Crippen molar-refractivity contribution < 1.29 is 0 Å². The maximum atomic E-state index is 2.47. The van der Waals surface area contributed by atoms with Crippen molar-refractivity contribution in [1.82, 2.24) is 0 Å². The molecule has 0 nitrogen and oxygen atoms in total. The summed E-state index contributed by atoms with van der Waals surface area (Å²) in [6, 6.07) is 0. The summed E-state index contributed by atoms with van der Waals surface area (Å²) in [5, 5.41) is 0. The van der Waals surface area contributed by atoms with Crippen LogP contribution in [0.25, 0.3) is 0 Å². The minimum Gasteiger partial charge on any atom is -0.0654 e. The Labute approximate surface area is 104 Å². The van der Waals surface area contributed by atoms with Gasteiger partial charge in [0, 0.05) is 0 Å². The predicted molar refractivity (Wildman–Crippen MR) is 75.8 cm³/mol. The highest BCUT2D eigenvalue weighted by Gasteiger charge is 2.30. The molecule has 0 heteroatoms. The molecule has 0 fully saturated rings. The zero-order valence-electron chi connectivity index (χ0n) is 12.6. The average Bonchev–Trinajstić information content (AvgIpc) is 2.16. The number of hydrogen-bond donors (Lipinski definition) is 0. The molecule has 0 heterocycles. The van der Waals surface area contributed by atoms with Gasteiger partial charge in [-0.2, -0.15) is 0 Å². The maximum absolute atomic E-state index is 2.47. The summed E-state index contributed by atoms with van der Waals surface area (Å²) >= 11 is 0. The van der Waals surface area contributed by atoms with Crippen LogP contribution in [0.2, 0.25) is 0 Å². The van der Waals surface area contributed by atoms with Crippen LogP contribution in [0.15, 0.2) is 0 Å². The molecule has 98 valence electrons. The van der Waals surface area contributed by atoms with E-state index in [0.29, 0.717) is 5.41 Å². The lowest BCUT2D eigenvalue weighted by molar-refractivity contribution is 0.128. The van der Waals surface area contributed by atoms with Crippen LogP contribution in [0.3, 0.4) is 0 Å². The highest BCUT2D eigenvalue weighted by molar-refractivity contribution is 4.80. The summed E-state index contributed by atoms with van der Waals surface area (Å²) in [4.78, 5) is 0. The van der Waals surface area contributed by atoms with Crippen molar-refractivity contribution in [3.05, 3.63) is 0 Å². The second-order valence-electron chi connectivity index (χ2n) is 6.44. The summed E-state index contributed by atoms with van der Waals surface area (Å²) in [7, 11) is 0. The van der Waals surface area contributed by atoms with E-state index in [1.54, 1.807) is 0 Å². The Kier molecular flexibility index (Phi) is 8.14. The molecule has 0 aliphatic carbocycles. The Hall–Kier alpha value is 0. The zero-order chi connectivity index (χ0) is 12.6. The SMILES string of the molecule is CCCCCCC(C(C)C)C(C)(C)CCC. The van der Waals surface area contributed by atoms with Gasteiger partial charge in [-0.15, -0.1) is 0 Å². The fourth-order valence-electron chi connectivity index (χ4n) is 3.25. The molecular weight excluding hydrogens is 192 g/mol. The minimum absolute atomic E-state index is 0.537. The summed E-state index contributed by atoms with van der Waals surface area (Å²) in [6.07, 6.45) is 9.77. The van der Waals surface area contributed by atoms with Gasteiger partial charge in [-0.25, -0.2) is 0 Å². The smallest absolute Gasteiger partial charge is 0.0324 e. The Morgan fingerprint density at radius 1 is 0.875 bits per heavy atom. The van der Waals surface area contributed by atoms with Gasteiger partial charge in [0.1, 0.15) is 0 Å². The lowest BCUT2D eigenvalue weighted by Crippen LogP contribution is -2.28. The average molecular weight is 226 g/mol. The summed E-state index contributed by atoms with van der Waals surface area (Å²) in [5.74, 6) is 1.74. The molecule has 0 amide bonds. The lowest BCUT2D eigenvalue weighted by Gasteiger charge is -2.37. The molecular formula is C16H34. The fourth-order valence-corrected chi connectivity index (χ4v) is 3.25. The molecule has 0 rings (SSSR count). The van der Waals surface area contributed by atoms with Gasteiger partial charge >= 0.3 is 0 Å².